The van der Waals surface area contributed by atoms with Gasteiger partial charge in [0.05, 0.1) is 12.2 Å². The minimum Gasteiger partial charge on any atom is -0.486 e. The van der Waals surface area contributed by atoms with Crippen LogP contribution in [0.1, 0.15) is 72.6 Å². The minimum atomic E-state index is -1.21. The monoisotopic (exact) mass is 577 g/mol. The molecule has 9 atom stereocenters. The molecule has 42 heavy (non-hydrogen) atoms. The van der Waals surface area contributed by atoms with Crippen LogP contribution in [-0.2, 0) is 23.9 Å². The Morgan fingerprint density at radius 2 is 1.93 bits per heavy atom. The Labute approximate surface area is 247 Å². The number of benzene rings is 1. The molecule has 0 radical (unpaired) electrons. The van der Waals surface area contributed by atoms with Crippen molar-refractivity contribution in [2.75, 3.05) is 11.9 Å². The van der Waals surface area contributed by atoms with Crippen molar-refractivity contribution in [3.8, 4) is 5.75 Å². The van der Waals surface area contributed by atoms with Crippen molar-refractivity contribution in [3.05, 3.63) is 48.1 Å². The number of carbonyl (C=O) groups excluding carboxylic acids is 3. The number of hydrogen-bond acceptors (Lipinski definition) is 7. The Kier molecular flexibility index (Phi) is 7.47. The lowest BCUT2D eigenvalue weighted by Gasteiger charge is -2.59. The zero-order valence-corrected chi connectivity index (χ0v) is 25.1. The van der Waals surface area contributed by atoms with Crippen LogP contribution in [0.25, 0.3) is 0 Å². The summed E-state index contributed by atoms with van der Waals surface area (Å²) in [6.45, 7) is 7.95. The standard InChI is InChI=1S/C34H43NO7/c1-5-7-30-41-28-17-25-24-13-8-20-16-22(36)14-15-32(20,3)31(24)26(37)18-33(25,4)34(28,42-30)27(38)19-40-23-11-9-21(10-12-23)35-29(39)6-2/h9-12,14-16,24-26,28,30-31,37H,5-8,13,17-19H2,1-4H3,(H,35,39)/t24?,25?,26?,28?,30-,31?,32?,33?,34?/m1/s1. The lowest BCUT2D eigenvalue weighted by atomic mass is 9.46. The molecule has 0 aromatic heterocycles. The fourth-order valence-electron chi connectivity index (χ4n) is 9.15. The third kappa shape index (κ3) is 4.40. The number of carbonyl (C=O) groups is 3. The largest absolute Gasteiger partial charge is 0.486 e. The zero-order chi connectivity index (χ0) is 29.9. The molecule has 0 spiro atoms. The van der Waals surface area contributed by atoms with Gasteiger partial charge in [0.25, 0.3) is 0 Å². The van der Waals surface area contributed by atoms with E-state index in [0.29, 0.717) is 37.1 Å². The van der Waals surface area contributed by atoms with E-state index in [1.165, 1.54) is 0 Å². The number of aliphatic hydroxyl groups is 1. The first-order chi connectivity index (χ1) is 20.1. The molecular weight excluding hydrogens is 534 g/mol. The summed E-state index contributed by atoms with van der Waals surface area (Å²) in [5, 5.41) is 14.7. The number of nitrogens with one attached hydrogen (secondary N) is 1. The van der Waals surface area contributed by atoms with E-state index in [0.717, 1.165) is 24.8 Å². The van der Waals surface area contributed by atoms with Crippen LogP contribution in [-0.4, -0.2) is 53.3 Å². The van der Waals surface area contributed by atoms with Crippen molar-refractivity contribution < 1.29 is 33.7 Å². The topological polar surface area (TPSA) is 111 Å². The van der Waals surface area contributed by atoms with Crippen LogP contribution in [0.4, 0.5) is 5.69 Å². The van der Waals surface area contributed by atoms with Crippen molar-refractivity contribution >= 4 is 23.2 Å². The Morgan fingerprint density at radius 3 is 2.64 bits per heavy atom. The minimum absolute atomic E-state index is 0.0140. The van der Waals surface area contributed by atoms with Gasteiger partial charge in [0.2, 0.25) is 11.7 Å². The van der Waals surface area contributed by atoms with Crippen molar-refractivity contribution in [2.45, 2.75) is 96.7 Å². The highest BCUT2D eigenvalue weighted by Gasteiger charge is 2.75. The molecule has 1 saturated heterocycles. The number of aliphatic hydroxyl groups excluding tert-OH is 1. The fraction of sp³-hybridized carbons (Fsp3) is 0.618. The summed E-state index contributed by atoms with van der Waals surface area (Å²) in [6.07, 6.45) is 8.58. The van der Waals surface area contributed by atoms with Gasteiger partial charge in [-0.1, -0.05) is 45.8 Å². The fourth-order valence-corrected chi connectivity index (χ4v) is 9.15. The maximum atomic E-state index is 14.4. The summed E-state index contributed by atoms with van der Waals surface area (Å²) in [4.78, 5) is 38.2. The smallest absolute Gasteiger partial charge is 0.224 e. The second-order valence-electron chi connectivity index (χ2n) is 13.3. The number of allylic oxidation sites excluding steroid dienone is 4. The van der Waals surface area contributed by atoms with Crippen LogP contribution in [0.15, 0.2) is 48.1 Å². The predicted molar refractivity (Wildman–Crippen MR) is 157 cm³/mol. The summed E-state index contributed by atoms with van der Waals surface area (Å²) in [5.74, 6) is 0.552. The molecule has 1 heterocycles. The maximum Gasteiger partial charge on any atom is 0.224 e. The molecule has 1 aromatic rings. The van der Waals surface area contributed by atoms with Gasteiger partial charge in [-0.15, -0.1) is 0 Å². The van der Waals surface area contributed by atoms with Crippen molar-refractivity contribution in [1.29, 1.82) is 0 Å². The average Bonchev–Trinajstić information content (AvgIpc) is 3.44. The normalized spacial score (nSPS) is 39.9. The first kappa shape index (κ1) is 29.3. The third-order valence-electron chi connectivity index (χ3n) is 11.1. The first-order valence-corrected chi connectivity index (χ1v) is 15.6. The van der Waals surface area contributed by atoms with Gasteiger partial charge in [-0.2, -0.15) is 0 Å². The molecule has 8 heteroatoms. The van der Waals surface area contributed by atoms with E-state index in [2.05, 4.69) is 26.1 Å². The number of amides is 1. The second kappa shape index (κ2) is 10.7. The lowest BCUT2D eigenvalue weighted by Crippen LogP contribution is -2.63. The molecule has 0 bridgehead atoms. The Hall–Kier alpha value is -2.81. The summed E-state index contributed by atoms with van der Waals surface area (Å²) in [5.41, 5.74) is -0.464. The van der Waals surface area contributed by atoms with E-state index < -0.39 is 29.5 Å². The van der Waals surface area contributed by atoms with Gasteiger partial charge in [-0.3, -0.25) is 14.4 Å². The van der Waals surface area contributed by atoms with Gasteiger partial charge in [-0.25, -0.2) is 0 Å². The van der Waals surface area contributed by atoms with Crippen LogP contribution >= 0.6 is 0 Å². The summed E-state index contributed by atoms with van der Waals surface area (Å²) < 4.78 is 19.2. The number of anilines is 1. The van der Waals surface area contributed by atoms with Crippen molar-refractivity contribution in [2.24, 2.45) is 28.6 Å². The van der Waals surface area contributed by atoms with Gasteiger partial charge in [0.1, 0.15) is 12.4 Å². The van der Waals surface area contributed by atoms with Crippen molar-refractivity contribution in [1.82, 2.24) is 0 Å². The van der Waals surface area contributed by atoms with Crippen LogP contribution in [0, 0.1) is 28.6 Å². The molecule has 1 amide bonds. The summed E-state index contributed by atoms with van der Waals surface area (Å²) in [7, 11) is 0. The Morgan fingerprint density at radius 1 is 1.17 bits per heavy atom. The van der Waals surface area contributed by atoms with Crippen LogP contribution in [0.2, 0.25) is 0 Å². The molecule has 4 fully saturated rings. The van der Waals surface area contributed by atoms with E-state index in [9.17, 15) is 19.5 Å². The number of ether oxygens (including phenoxy) is 3. The molecule has 226 valence electrons. The lowest BCUT2D eigenvalue weighted by molar-refractivity contribution is -0.200. The SMILES string of the molecule is CCC[C@@H]1OC2CC3C4CCC5=CC(=O)C=CC5(C)C4C(O)CC3(C)C2(C(=O)COc2ccc(NC(=O)CC)cc2)O1. The molecule has 2 N–H and O–H groups in total. The molecule has 4 aliphatic carbocycles. The highest BCUT2D eigenvalue weighted by molar-refractivity contribution is 6.01. The number of ketones is 2. The molecule has 5 aliphatic rings. The molecule has 1 aromatic carbocycles. The maximum absolute atomic E-state index is 14.4. The quantitative estimate of drug-likeness (QED) is 0.440. The van der Waals surface area contributed by atoms with Gasteiger partial charge in [0, 0.05) is 28.9 Å². The molecule has 8 unspecified atom stereocenters. The first-order valence-electron chi connectivity index (χ1n) is 15.6. The highest BCUT2D eigenvalue weighted by atomic mass is 16.7. The zero-order valence-electron chi connectivity index (χ0n) is 25.1. The number of Topliss-reactive ketones (excluding diaryl/α,β-unsaturated/α-hetero) is 1. The summed E-state index contributed by atoms with van der Waals surface area (Å²) >= 11 is 0. The van der Waals surface area contributed by atoms with Gasteiger partial charge in [0.15, 0.2) is 17.7 Å². The van der Waals surface area contributed by atoms with E-state index in [1.807, 2.05) is 6.08 Å². The van der Waals surface area contributed by atoms with Crippen LogP contribution < -0.4 is 10.1 Å². The van der Waals surface area contributed by atoms with Gasteiger partial charge >= 0.3 is 0 Å². The molecular formula is C34H43NO7. The van der Waals surface area contributed by atoms with Gasteiger partial charge < -0.3 is 24.6 Å². The van der Waals surface area contributed by atoms with Crippen molar-refractivity contribution in [3.63, 3.8) is 0 Å². The predicted octanol–water partition coefficient (Wildman–Crippen LogP) is 5.15. The van der Waals surface area contributed by atoms with Crippen LogP contribution in [0.3, 0.4) is 0 Å². The second-order valence-corrected chi connectivity index (χ2v) is 13.3. The number of fused-ring (bicyclic) bond motifs is 7. The number of hydrogen-bond donors (Lipinski definition) is 2. The molecule has 8 nitrogen and oxygen atoms in total. The van der Waals surface area contributed by atoms with E-state index in [-0.39, 0.29) is 47.2 Å². The van der Waals surface area contributed by atoms with E-state index in [1.54, 1.807) is 43.3 Å². The molecule has 1 aliphatic heterocycles. The molecule has 6 rings (SSSR count). The Balaban J connectivity index is 1.27. The average molecular weight is 578 g/mol. The third-order valence-corrected chi connectivity index (χ3v) is 11.1. The van der Waals surface area contributed by atoms with Crippen LogP contribution in [0.5, 0.6) is 5.75 Å². The molecule has 3 saturated carbocycles. The van der Waals surface area contributed by atoms with E-state index in [4.69, 9.17) is 14.2 Å². The highest BCUT2D eigenvalue weighted by Crippen LogP contribution is 2.69. The van der Waals surface area contributed by atoms with E-state index >= 15 is 0 Å². The van der Waals surface area contributed by atoms with Gasteiger partial charge in [-0.05, 0) is 80.4 Å². The number of rotatable bonds is 8. The Bertz CT molecular complexity index is 1320. The summed E-state index contributed by atoms with van der Waals surface area (Å²) in [6, 6.07) is 6.99.